The van der Waals surface area contributed by atoms with Crippen LogP contribution in [0.5, 0.6) is 0 Å². The summed E-state index contributed by atoms with van der Waals surface area (Å²) < 4.78 is 5.91. The Morgan fingerprint density at radius 2 is 0.989 bits per heavy atom. The molecule has 94 heavy (non-hydrogen) atoms. The van der Waals surface area contributed by atoms with Crippen molar-refractivity contribution in [2.45, 2.75) is 248 Å². The molecule has 2 fully saturated rings. The van der Waals surface area contributed by atoms with Crippen LogP contribution < -0.4 is 21.3 Å². The first kappa shape index (κ1) is 83.2. The van der Waals surface area contributed by atoms with Crippen LogP contribution in [-0.4, -0.2) is 267 Å². The Labute approximate surface area is 559 Å². The van der Waals surface area contributed by atoms with Crippen molar-refractivity contribution in [2.75, 3.05) is 61.9 Å². The maximum absolute atomic E-state index is 15.4. The van der Waals surface area contributed by atoms with Gasteiger partial charge in [-0.1, -0.05) is 95.2 Å². The number of ether oxygens (including phenoxy) is 1. The van der Waals surface area contributed by atoms with Gasteiger partial charge in [0.1, 0.15) is 72.6 Å². The molecule has 0 spiro atoms. The molecular formula is C67H118N12O15. The van der Waals surface area contributed by atoms with Crippen molar-refractivity contribution >= 4 is 71.1 Å². The van der Waals surface area contributed by atoms with E-state index in [9.17, 15) is 39.0 Å². The summed E-state index contributed by atoms with van der Waals surface area (Å²) >= 11 is 0. The van der Waals surface area contributed by atoms with E-state index in [2.05, 4.69) is 21.3 Å². The fraction of sp³-hybridized carbons (Fsp3) is 0.791. The largest absolute Gasteiger partial charge is 0.444 e. The second-order valence-corrected chi connectivity index (χ2v) is 27.8. The number of hydrogen-bond acceptors (Lipinski definition) is 15. The molecule has 2 aliphatic heterocycles. The Bertz CT molecular complexity index is 2650. The van der Waals surface area contributed by atoms with Gasteiger partial charge in [-0.15, -0.1) is 0 Å². The van der Waals surface area contributed by atoms with Crippen molar-refractivity contribution in [3.8, 4) is 0 Å². The van der Waals surface area contributed by atoms with Crippen molar-refractivity contribution in [2.24, 2.45) is 35.5 Å². The molecule has 0 radical (unpaired) electrons. The molecule has 0 aromatic rings. The lowest BCUT2D eigenvalue weighted by Gasteiger charge is -2.41. The summed E-state index contributed by atoms with van der Waals surface area (Å²) in [5.74, 6) is -11.2. The standard InChI is InChI=1S/C67H118N12O15/c1-25-29-30-41(15)55(81)54-59(85)70-46(26-2)61(87)79-35-45(94-67(93)78(27-3)28-4)34-50(79)64(90)76(23)53(44(18)80)58(84)71-51(39(11)12)65(91)72(19)47(31-36(5)6)57(83)68-42(16)56(82)69-43(17)60(86)73(20)48(32-37(7)8)62(88)74(21)49(33-38(9)10)63(89)75(22)52(40(13)14)66(92)77(54)24/h25,29,36-55,80-81H,26-28,30-35H2,1-24H3,(H,68,83)(H,69,82)(H,70,85)(H,71,84)/b29-25+/t41-,42+,43-,44-,45?,46+,47+,48+,49+,50-,51+,52+,53?,54+,55-/m1/s1. The van der Waals surface area contributed by atoms with Crippen LogP contribution in [0.15, 0.2) is 12.2 Å². The van der Waals surface area contributed by atoms with Gasteiger partial charge in [0.2, 0.25) is 65.0 Å². The number of rotatable bonds is 17. The first-order valence-corrected chi connectivity index (χ1v) is 33.6. The summed E-state index contributed by atoms with van der Waals surface area (Å²) in [4.78, 5) is 186. The minimum absolute atomic E-state index is 0.0878. The molecule has 0 bridgehead atoms. The second kappa shape index (κ2) is 37.4. The number of carbonyl (C=O) groups excluding carboxylic acids is 12. The van der Waals surface area contributed by atoms with Crippen molar-refractivity contribution < 1.29 is 72.5 Å². The Morgan fingerprint density at radius 3 is 1.46 bits per heavy atom. The normalized spacial score (nSPS) is 27.8. The molecule has 6 N–H and O–H groups in total. The van der Waals surface area contributed by atoms with Crippen molar-refractivity contribution in [1.82, 2.24) is 60.5 Å². The van der Waals surface area contributed by atoms with Gasteiger partial charge in [0.25, 0.3) is 0 Å². The molecule has 536 valence electrons. The number of likely N-dealkylation sites (N-methyl/N-ethyl adjacent to an activating group) is 6. The van der Waals surface area contributed by atoms with Gasteiger partial charge in [-0.25, -0.2) is 4.79 Å². The molecule has 2 rings (SSSR count). The zero-order valence-electron chi connectivity index (χ0n) is 60.8. The first-order valence-electron chi connectivity index (χ1n) is 33.6. The van der Waals surface area contributed by atoms with Crippen LogP contribution in [0.4, 0.5) is 4.79 Å². The minimum atomic E-state index is -1.73. The predicted molar refractivity (Wildman–Crippen MR) is 356 cm³/mol. The zero-order valence-corrected chi connectivity index (χ0v) is 60.8. The van der Waals surface area contributed by atoms with E-state index in [1.54, 1.807) is 74.5 Å². The van der Waals surface area contributed by atoms with Gasteiger partial charge >= 0.3 is 6.09 Å². The quantitative estimate of drug-likeness (QED) is 0.114. The Hall–Kier alpha value is -6.90. The maximum atomic E-state index is 15.4. The van der Waals surface area contributed by atoms with Gasteiger partial charge in [0.15, 0.2) is 0 Å². The molecule has 0 aromatic carbocycles. The zero-order chi connectivity index (χ0) is 72.4. The number of aliphatic hydroxyl groups is 2. The molecule has 2 aliphatic rings. The Morgan fingerprint density at radius 1 is 0.532 bits per heavy atom. The minimum Gasteiger partial charge on any atom is -0.444 e. The molecule has 2 unspecified atom stereocenters. The van der Waals surface area contributed by atoms with Gasteiger partial charge in [0, 0.05) is 61.8 Å². The van der Waals surface area contributed by atoms with Gasteiger partial charge in [-0.2, -0.15) is 0 Å². The van der Waals surface area contributed by atoms with Crippen LogP contribution in [0.1, 0.15) is 163 Å². The molecule has 27 heteroatoms. The van der Waals surface area contributed by atoms with Gasteiger partial charge in [-0.05, 0) is 109 Å². The highest BCUT2D eigenvalue weighted by Crippen LogP contribution is 2.29. The highest BCUT2D eigenvalue weighted by atomic mass is 16.6. The third-order valence-corrected chi connectivity index (χ3v) is 18.1. The lowest BCUT2D eigenvalue weighted by Crippen LogP contribution is -2.64. The molecule has 12 amide bonds. The number of carbonyl (C=O) groups is 12. The average molecular weight is 1330 g/mol. The summed E-state index contributed by atoms with van der Waals surface area (Å²) in [5.41, 5.74) is 0. The summed E-state index contributed by atoms with van der Waals surface area (Å²) in [6, 6.07) is -15.3. The molecule has 2 saturated heterocycles. The van der Waals surface area contributed by atoms with Crippen LogP contribution in [0.2, 0.25) is 0 Å². The molecule has 15 atom stereocenters. The van der Waals surface area contributed by atoms with Crippen LogP contribution in [0.25, 0.3) is 0 Å². The fourth-order valence-electron chi connectivity index (χ4n) is 12.3. The molecule has 27 nitrogen and oxygen atoms in total. The number of aliphatic hydroxyl groups excluding tert-OH is 2. The topological polar surface area (TPSA) is 329 Å². The Balaban J connectivity index is 3.13. The Kier molecular flexibility index (Phi) is 33.1. The van der Waals surface area contributed by atoms with E-state index < -0.39 is 174 Å². The first-order chi connectivity index (χ1) is 43.6. The van der Waals surface area contributed by atoms with E-state index >= 15 is 28.8 Å². The maximum Gasteiger partial charge on any atom is 0.410 e. The fourth-order valence-corrected chi connectivity index (χ4v) is 12.3. The number of amides is 12. The third kappa shape index (κ3) is 21.6. The van der Waals surface area contributed by atoms with Crippen molar-refractivity contribution in [3.63, 3.8) is 0 Å². The van der Waals surface area contributed by atoms with Gasteiger partial charge in [-0.3, -0.25) is 52.7 Å². The number of nitrogens with one attached hydrogen (secondary N) is 4. The smallest absolute Gasteiger partial charge is 0.410 e. The van der Waals surface area contributed by atoms with E-state index in [1.807, 2.05) is 41.5 Å². The summed E-state index contributed by atoms with van der Waals surface area (Å²) in [6.07, 6.45) is -1.35. The van der Waals surface area contributed by atoms with E-state index in [-0.39, 0.29) is 75.9 Å². The summed E-state index contributed by atoms with van der Waals surface area (Å²) in [6.45, 7) is 30.5. The van der Waals surface area contributed by atoms with E-state index in [4.69, 9.17) is 4.74 Å². The number of nitrogens with zero attached hydrogens (tertiary/aromatic N) is 8. The molecule has 0 saturated carbocycles. The van der Waals surface area contributed by atoms with Crippen LogP contribution in [0, 0.1) is 35.5 Å². The highest BCUT2D eigenvalue weighted by Gasteiger charge is 2.50. The third-order valence-electron chi connectivity index (χ3n) is 18.1. The van der Waals surface area contributed by atoms with Crippen LogP contribution in [0.3, 0.4) is 0 Å². The molecular weight excluding hydrogens is 1210 g/mol. The molecule has 0 aliphatic carbocycles. The van der Waals surface area contributed by atoms with Crippen molar-refractivity contribution in [1.29, 1.82) is 0 Å². The average Bonchev–Trinajstić information content (AvgIpc) is 1.36. The molecule has 2 heterocycles. The lowest BCUT2D eigenvalue weighted by molar-refractivity contribution is -0.157. The van der Waals surface area contributed by atoms with Crippen LogP contribution >= 0.6 is 0 Å². The lowest BCUT2D eigenvalue weighted by atomic mass is 9.91. The predicted octanol–water partition coefficient (Wildman–Crippen LogP) is 2.59. The van der Waals surface area contributed by atoms with E-state index in [1.165, 1.54) is 82.7 Å². The van der Waals surface area contributed by atoms with E-state index in [0.29, 0.717) is 0 Å². The summed E-state index contributed by atoms with van der Waals surface area (Å²) in [5, 5.41) is 34.5. The van der Waals surface area contributed by atoms with Crippen molar-refractivity contribution in [3.05, 3.63) is 12.2 Å². The highest BCUT2D eigenvalue weighted by molar-refractivity contribution is 6.00. The van der Waals surface area contributed by atoms with Crippen LogP contribution in [-0.2, 0) is 57.5 Å². The SMILES string of the molecule is C/C=C/C[C@@H](C)[C@@H](O)[C@H]1C(=O)N[C@@H](CC)C(=O)N2CC(OC(=O)N(CC)CC)C[C@@H]2C(=O)N(C)C([C@@H](C)O)C(=O)N[C@@H](C(C)C)C(=O)N(C)[C@@H](CC(C)C)C(=O)N[C@@H](C)C(=O)N[C@H](C)C(=O)N(C)[C@@H](CC(C)C)C(=O)N(C)[C@@H](CC(C)C)C(=O)N(C)[C@@H](C(C)C)C(=O)N1C. The second-order valence-electron chi connectivity index (χ2n) is 27.8. The number of hydrogen-bond donors (Lipinski definition) is 6. The molecule has 0 aromatic heterocycles. The van der Waals surface area contributed by atoms with Gasteiger partial charge in [0.05, 0.1) is 18.8 Å². The van der Waals surface area contributed by atoms with Gasteiger partial charge < -0.3 is 75.4 Å². The summed E-state index contributed by atoms with van der Waals surface area (Å²) in [7, 11) is 8.18. The number of allylic oxidation sites excluding steroid dienone is 2. The number of fused-ring (bicyclic) bond motifs is 1. The monoisotopic (exact) mass is 1330 g/mol. The van der Waals surface area contributed by atoms with E-state index in [0.717, 1.165) is 19.6 Å².